The molecule has 0 radical (unpaired) electrons. The normalized spacial score (nSPS) is 22.5. The van der Waals surface area contributed by atoms with Crippen molar-refractivity contribution in [1.82, 2.24) is 5.32 Å². The van der Waals surface area contributed by atoms with Crippen molar-refractivity contribution in [2.45, 2.75) is 57.6 Å². The van der Waals surface area contributed by atoms with E-state index >= 15 is 0 Å². The summed E-state index contributed by atoms with van der Waals surface area (Å²) in [4.78, 5) is 0. The van der Waals surface area contributed by atoms with Crippen molar-refractivity contribution in [3.63, 3.8) is 0 Å². The predicted octanol–water partition coefficient (Wildman–Crippen LogP) is 2.35. The van der Waals surface area contributed by atoms with Gasteiger partial charge in [-0.15, -0.1) is 0 Å². The van der Waals surface area contributed by atoms with E-state index in [1.807, 2.05) is 0 Å². The maximum atomic E-state index is 5.60. The topological polar surface area (TPSA) is 30.5 Å². The van der Waals surface area contributed by atoms with Crippen LogP contribution in [0.3, 0.4) is 0 Å². The van der Waals surface area contributed by atoms with Crippen LogP contribution in [0.4, 0.5) is 0 Å². The SMILES string of the molecule is CCCC(COC)NCCCC1CCCO1. The fourth-order valence-electron chi connectivity index (χ4n) is 2.30. The van der Waals surface area contributed by atoms with Crippen molar-refractivity contribution in [1.29, 1.82) is 0 Å². The summed E-state index contributed by atoms with van der Waals surface area (Å²) in [5.41, 5.74) is 0. The van der Waals surface area contributed by atoms with Crippen LogP contribution in [-0.4, -0.2) is 39.0 Å². The highest BCUT2D eigenvalue weighted by atomic mass is 16.5. The Bertz CT molecular complexity index is 152. The monoisotopic (exact) mass is 229 g/mol. The Labute approximate surface area is 99.9 Å². The molecule has 0 saturated carbocycles. The van der Waals surface area contributed by atoms with Crippen LogP contribution in [-0.2, 0) is 9.47 Å². The highest BCUT2D eigenvalue weighted by molar-refractivity contribution is 4.68. The van der Waals surface area contributed by atoms with Crippen molar-refractivity contribution in [3.8, 4) is 0 Å². The fourth-order valence-corrected chi connectivity index (χ4v) is 2.30. The van der Waals surface area contributed by atoms with E-state index in [1.54, 1.807) is 7.11 Å². The van der Waals surface area contributed by atoms with Gasteiger partial charge in [0.25, 0.3) is 0 Å². The molecule has 1 fully saturated rings. The van der Waals surface area contributed by atoms with Crippen LogP contribution in [0.15, 0.2) is 0 Å². The van der Waals surface area contributed by atoms with Gasteiger partial charge < -0.3 is 14.8 Å². The number of methoxy groups -OCH3 is 1. The molecule has 2 atom stereocenters. The van der Waals surface area contributed by atoms with Crippen molar-refractivity contribution in [3.05, 3.63) is 0 Å². The highest BCUT2D eigenvalue weighted by Gasteiger charge is 2.14. The molecule has 0 bridgehead atoms. The summed E-state index contributed by atoms with van der Waals surface area (Å²) >= 11 is 0. The zero-order valence-electron chi connectivity index (χ0n) is 10.8. The van der Waals surface area contributed by atoms with Gasteiger partial charge in [-0.2, -0.15) is 0 Å². The van der Waals surface area contributed by atoms with Gasteiger partial charge in [0.1, 0.15) is 0 Å². The van der Waals surface area contributed by atoms with E-state index in [4.69, 9.17) is 9.47 Å². The second-order valence-corrected chi connectivity index (χ2v) is 4.67. The first-order valence-corrected chi connectivity index (χ1v) is 6.70. The summed E-state index contributed by atoms with van der Waals surface area (Å²) in [5, 5.41) is 3.56. The van der Waals surface area contributed by atoms with Gasteiger partial charge in [0, 0.05) is 19.8 Å². The third-order valence-corrected chi connectivity index (χ3v) is 3.16. The quantitative estimate of drug-likeness (QED) is 0.616. The Morgan fingerprint density at radius 3 is 3.00 bits per heavy atom. The molecule has 1 aliphatic rings. The van der Waals surface area contributed by atoms with Gasteiger partial charge in [-0.25, -0.2) is 0 Å². The first-order chi connectivity index (χ1) is 7.86. The van der Waals surface area contributed by atoms with Gasteiger partial charge in [-0.1, -0.05) is 13.3 Å². The van der Waals surface area contributed by atoms with Gasteiger partial charge in [0.05, 0.1) is 12.7 Å². The molecular formula is C13H27NO2. The Morgan fingerprint density at radius 1 is 1.50 bits per heavy atom. The number of nitrogens with one attached hydrogen (secondary N) is 1. The minimum atomic E-state index is 0.527. The molecule has 1 saturated heterocycles. The first kappa shape index (κ1) is 13.9. The lowest BCUT2D eigenvalue weighted by Gasteiger charge is -2.17. The summed E-state index contributed by atoms with van der Waals surface area (Å²) in [6.45, 7) is 5.11. The van der Waals surface area contributed by atoms with E-state index in [1.165, 1.54) is 38.5 Å². The summed E-state index contributed by atoms with van der Waals surface area (Å²) in [5.74, 6) is 0. The summed E-state index contributed by atoms with van der Waals surface area (Å²) < 4.78 is 10.8. The molecule has 0 spiro atoms. The van der Waals surface area contributed by atoms with E-state index in [0.717, 1.165) is 19.8 Å². The largest absolute Gasteiger partial charge is 0.383 e. The van der Waals surface area contributed by atoms with Gasteiger partial charge in [-0.3, -0.25) is 0 Å². The Balaban J connectivity index is 1.98. The van der Waals surface area contributed by atoms with Crippen molar-refractivity contribution < 1.29 is 9.47 Å². The van der Waals surface area contributed by atoms with Crippen molar-refractivity contribution in [2.24, 2.45) is 0 Å². The molecule has 0 aliphatic carbocycles. The van der Waals surface area contributed by atoms with Crippen LogP contribution in [0.25, 0.3) is 0 Å². The summed E-state index contributed by atoms with van der Waals surface area (Å²) in [7, 11) is 1.77. The molecule has 1 N–H and O–H groups in total. The van der Waals surface area contributed by atoms with Crippen LogP contribution in [0.1, 0.15) is 45.4 Å². The van der Waals surface area contributed by atoms with Gasteiger partial charge in [0.2, 0.25) is 0 Å². The van der Waals surface area contributed by atoms with Crippen LogP contribution < -0.4 is 5.32 Å². The van der Waals surface area contributed by atoms with Crippen LogP contribution in [0.5, 0.6) is 0 Å². The lowest BCUT2D eigenvalue weighted by molar-refractivity contribution is 0.101. The highest BCUT2D eigenvalue weighted by Crippen LogP contribution is 2.16. The van der Waals surface area contributed by atoms with Gasteiger partial charge in [0.15, 0.2) is 0 Å². The third kappa shape index (κ3) is 5.83. The van der Waals surface area contributed by atoms with Crippen LogP contribution in [0, 0.1) is 0 Å². The standard InChI is InChI=1S/C13H27NO2/c1-3-6-12(11-15-2)14-9-4-7-13-8-5-10-16-13/h12-14H,3-11H2,1-2H3. The first-order valence-electron chi connectivity index (χ1n) is 6.70. The Hall–Kier alpha value is -0.120. The number of hydrogen-bond acceptors (Lipinski definition) is 3. The summed E-state index contributed by atoms with van der Waals surface area (Å²) in [6.07, 6.45) is 7.89. The van der Waals surface area contributed by atoms with Crippen molar-refractivity contribution in [2.75, 3.05) is 26.9 Å². The zero-order chi connectivity index (χ0) is 11.6. The average molecular weight is 229 g/mol. The molecule has 0 aromatic carbocycles. The van der Waals surface area contributed by atoms with E-state index in [2.05, 4.69) is 12.2 Å². The lowest BCUT2D eigenvalue weighted by Crippen LogP contribution is -2.34. The minimum absolute atomic E-state index is 0.527. The minimum Gasteiger partial charge on any atom is -0.383 e. The smallest absolute Gasteiger partial charge is 0.0615 e. The number of rotatable bonds is 9. The molecule has 16 heavy (non-hydrogen) atoms. The second-order valence-electron chi connectivity index (χ2n) is 4.67. The van der Waals surface area contributed by atoms with E-state index < -0.39 is 0 Å². The van der Waals surface area contributed by atoms with Gasteiger partial charge >= 0.3 is 0 Å². The lowest BCUT2D eigenvalue weighted by atomic mass is 10.1. The summed E-state index contributed by atoms with van der Waals surface area (Å²) in [6, 6.07) is 0.527. The molecule has 2 unspecified atom stereocenters. The molecule has 1 rings (SSSR count). The maximum absolute atomic E-state index is 5.60. The van der Waals surface area contributed by atoms with E-state index in [-0.39, 0.29) is 0 Å². The molecule has 1 aliphatic heterocycles. The number of ether oxygens (including phenoxy) is 2. The molecule has 0 aromatic rings. The molecule has 1 heterocycles. The average Bonchev–Trinajstić information content (AvgIpc) is 2.78. The third-order valence-electron chi connectivity index (χ3n) is 3.16. The van der Waals surface area contributed by atoms with E-state index in [9.17, 15) is 0 Å². The Morgan fingerprint density at radius 2 is 2.38 bits per heavy atom. The molecular weight excluding hydrogens is 202 g/mol. The Kier molecular flexibility index (Phi) is 7.81. The van der Waals surface area contributed by atoms with Crippen LogP contribution in [0.2, 0.25) is 0 Å². The molecule has 0 amide bonds. The molecule has 3 heteroatoms. The molecule has 0 aromatic heterocycles. The fraction of sp³-hybridized carbons (Fsp3) is 1.00. The zero-order valence-corrected chi connectivity index (χ0v) is 10.8. The second kappa shape index (κ2) is 8.97. The molecule has 96 valence electrons. The van der Waals surface area contributed by atoms with Crippen molar-refractivity contribution >= 4 is 0 Å². The van der Waals surface area contributed by atoms with Gasteiger partial charge in [-0.05, 0) is 38.6 Å². The predicted molar refractivity (Wildman–Crippen MR) is 66.8 cm³/mol. The van der Waals surface area contributed by atoms with Crippen LogP contribution >= 0.6 is 0 Å². The number of hydrogen-bond donors (Lipinski definition) is 1. The molecule has 3 nitrogen and oxygen atoms in total. The van der Waals surface area contributed by atoms with E-state index in [0.29, 0.717) is 12.1 Å². The maximum Gasteiger partial charge on any atom is 0.0615 e.